The molecule has 0 heterocycles. The van der Waals surface area contributed by atoms with Crippen LogP contribution in [0.3, 0.4) is 0 Å². The molecule has 25 nitrogen and oxygen atoms in total. The molecule has 0 radical (unpaired) electrons. The molecule has 0 bridgehead atoms. The quantitative estimate of drug-likeness (QED) is 0.0129. The molecule has 0 aromatic rings. The van der Waals surface area contributed by atoms with Gasteiger partial charge in [-0.1, -0.05) is 34.1 Å². The topological polar surface area (TPSA) is 425 Å². The lowest BCUT2D eigenvalue weighted by Gasteiger charge is -2.26. The van der Waals surface area contributed by atoms with Crippen LogP contribution in [-0.4, -0.2) is 156 Å². The van der Waals surface area contributed by atoms with Crippen molar-refractivity contribution in [2.75, 3.05) is 43.4 Å². The molecule has 0 aromatic heterocycles. The van der Waals surface area contributed by atoms with Crippen molar-refractivity contribution < 1.29 is 48.3 Å². The Labute approximate surface area is 394 Å². The largest absolute Gasteiger partial charge is 0.480 e. The van der Waals surface area contributed by atoms with Crippen LogP contribution in [0.4, 0.5) is 0 Å². The van der Waals surface area contributed by atoms with Gasteiger partial charge in [-0.25, -0.2) is 4.79 Å². The number of aliphatic carboxylic acids is 1. The molecule has 0 saturated carbocycles. The Balaban J connectivity index is 5.69. The van der Waals surface area contributed by atoms with Crippen LogP contribution in [0, 0.1) is 11.8 Å². The number of rotatable bonds is 32. The van der Waals surface area contributed by atoms with Gasteiger partial charge < -0.3 is 76.3 Å². The van der Waals surface area contributed by atoms with Gasteiger partial charge in [0.1, 0.15) is 36.3 Å². The fraction of sp³-hybridized carbons (Fsp3) is 0.703. The van der Waals surface area contributed by atoms with E-state index in [1.807, 2.05) is 0 Å². The van der Waals surface area contributed by atoms with Crippen molar-refractivity contribution in [3.63, 3.8) is 0 Å². The van der Waals surface area contributed by atoms with Gasteiger partial charge in [-0.2, -0.15) is 37.9 Å². The molecule has 0 saturated heterocycles. The first kappa shape index (κ1) is 59.8. The molecule has 0 spiro atoms. The highest BCUT2D eigenvalue weighted by atomic mass is 32.1. The first-order chi connectivity index (χ1) is 30.5. The van der Waals surface area contributed by atoms with Crippen molar-refractivity contribution >= 4 is 103 Å². The number of carboxylic acid groups (broad SMARTS) is 1. The minimum absolute atomic E-state index is 0.0222. The fourth-order valence-corrected chi connectivity index (χ4v) is 6.30. The summed E-state index contributed by atoms with van der Waals surface area (Å²) in [5, 5.41) is 29.0. The van der Waals surface area contributed by atoms with Crippen molar-refractivity contribution in [3.8, 4) is 0 Å². The monoisotopic (exact) mass is 979 g/mol. The Morgan fingerprint density at radius 3 is 1.46 bits per heavy atom. The average Bonchev–Trinajstić information content (AvgIpc) is 3.24. The van der Waals surface area contributed by atoms with Crippen molar-refractivity contribution in [2.24, 2.45) is 50.5 Å². The molecule has 370 valence electrons. The van der Waals surface area contributed by atoms with Crippen LogP contribution in [0.15, 0.2) is 9.98 Å². The van der Waals surface area contributed by atoms with Crippen molar-refractivity contribution in [3.05, 3.63) is 0 Å². The first-order valence-corrected chi connectivity index (χ1v) is 22.7. The van der Waals surface area contributed by atoms with E-state index in [4.69, 9.17) is 28.7 Å². The lowest BCUT2D eigenvalue weighted by Crippen LogP contribution is -2.59. The number of carboxylic acids is 1. The van der Waals surface area contributed by atoms with Crippen molar-refractivity contribution in [2.45, 2.75) is 109 Å². The van der Waals surface area contributed by atoms with E-state index in [1.54, 1.807) is 27.7 Å². The first-order valence-electron chi connectivity index (χ1n) is 20.8. The molecule has 0 unspecified atom stereocenters. The minimum Gasteiger partial charge on any atom is -0.480 e. The van der Waals surface area contributed by atoms with Crippen molar-refractivity contribution in [1.29, 1.82) is 0 Å². The van der Waals surface area contributed by atoms with Gasteiger partial charge in [-0.3, -0.25) is 48.3 Å². The third-order valence-corrected chi connectivity index (χ3v) is 10.4. The average molecular weight is 980 g/mol. The number of nitrogens with two attached hydrogens (primary N) is 5. The number of hydrogen-bond acceptors (Lipinski definition) is 15. The third kappa shape index (κ3) is 25.2. The molecule has 19 N–H and O–H groups in total. The van der Waals surface area contributed by atoms with Gasteiger partial charge in [-0.15, -0.1) is 0 Å². The number of carbonyl (C=O) groups is 9. The summed E-state index contributed by atoms with van der Waals surface area (Å²) in [6.45, 7) is 6.06. The Morgan fingerprint density at radius 2 is 0.985 bits per heavy atom. The van der Waals surface area contributed by atoms with Gasteiger partial charge >= 0.3 is 5.97 Å². The molecule has 0 aromatic carbocycles. The van der Waals surface area contributed by atoms with Crippen LogP contribution < -0.4 is 71.2 Å². The second-order valence-electron chi connectivity index (χ2n) is 15.3. The van der Waals surface area contributed by atoms with E-state index in [1.165, 1.54) is 0 Å². The maximum atomic E-state index is 13.5. The standard InChI is InChI=1S/C37H69N15O10S3/c1-5-19(4)28(34(60)51-25(17-65)35(61)62)52-27(54)14-45-30(56)21(9-7-11-44-37(41)42)47-26(53)13-46-31(57)23(15-63)50-32(58)22(12-18(2)3)48-33(59)24(16-64)49-29(55)20(38)8-6-10-43-36(39)40/h18-25,28,63-65H,5-17,38H2,1-4H3,(H,45,56)(H,46,57)(H,47,53)(H,48,59)(H,49,55)(H,50,58)(H,51,60)(H,52,54)(H,61,62)(H4,39,40,43)(H4,41,42,44)/t19-,20-,21-,22-,23-,24-,25-,28-/m0/s1. The molecule has 28 heteroatoms. The smallest absolute Gasteiger partial charge is 0.327 e. The normalized spacial score (nSPS) is 14.5. The maximum absolute atomic E-state index is 13.5. The number of nitrogens with zero attached hydrogens (tertiary/aromatic N) is 2. The zero-order chi connectivity index (χ0) is 49.8. The summed E-state index contributed by atoms with van der Waals surface area (Å²) in [5.74, 6) is -8.89. The van der Waals surface area contributed by atoms with E-state index in [2.05, 4.69) is 90.4 Å². The summed E-state index contributed by atoms with van der Waals surface area (Å²) in [5.41, 5.74) is 27.3. The number of guanidine groups is 2. The van der Waals surface area contributed by atoms with Crippen LogP contribution in [0.5, 0.6) is 0 Å². The van der Waals surface area contributed by atoms with Crippen LogP contribution in [0.2, 0.25) is 0 Å². The Morgan fingerprint density at radius 1 is 0.554 bits per heavy atom. The zero-order valence-corrected chi connectivity index (χ0v) is 39.8. The summed E-state index contributed by atoms with van der Waals surface area (Å²) in [6.07, 6.45) is 1.35. The lowest BCUT2D eigenvalue weighted by atomic mass is 9.98. The van der Waals surface area contributed by atoms with E-state index in [9.17, 15) is 48.3 Å². The highest BCUT2D eigenvalue weighted by molar-refractivity contribution is 7.80. The lowest BCUT2D eigenvalue weighted by molar-refractivity contribution is -0.141. The third-order valence-electron chi connectivity index (χ3n) is 9.33. The number of carbonyl (C=O) groups excluding carboxylic acids is 8. The molecule has 0 fully saturated rings. The van der Waals surface area contributed by atoms with Gasteiger partial charge in [0.15, 0.2) is 11.9 Å². The second-order valence-corrected chi connectivity index (χ2v) is 16.3. The summed E-state index contributed by atoms with van der Waals surface area (Å²) in [7, 11) is 0. The Kier molecular flexibility index (Phi) is 29.8. The number of aliphatic imine (C=N–C) groups is 2. The molecule has 0 aliphatic heterocycles. The van der Waals surface area contributed by atoms with Gasteiger partial charge in [0, 0.05) is 30.3 Å². The minimum atomic E-state index is -1.32. The van der Waals surface area contributed by atoms with Gasteiger partial charge in [0.05, 0.1) is 19.1 Å². The number of thiol groups is 3. The van der Waals surface area contributed by atoms with Crippen LogP contribution in [-0.2, 0) is 43.2 Å². The molecule has 8 atom stereocenters. The van der Waals surface area contributed by atoms with Gasteiger partial charge in [0.25, 0.3) is 0 Å². The number of nitrogens with one attached hydrogen (secondary N) is 8. The number of amides is 8. The van der Waals surface area contributed by atoms with E-state index in [0.717, 1.165) is 0 Å². The van der Waals surface area contributed by atoms with Crippen LogP contribution in [0.25, 0.3) is 0 Å². The highest BCUT2D eigenvalue weighted by Gasteiger charge is 2.32. The van der Waals surface area contributed by atoms with Crippen LogP contribution >= 0.6 is 37.9 Å². The molecule has 0 rings (SSSR count). The van der Waals surface area contributed by atoms with Gasteiger partial charge in [0.2, 0.25) is 47.3 Å². The van der Waals surface area contributed by atoms with Crippen LogP contribution in [0.1, 0.15) is 66.2 Å². The predicted octanol–water partition coefficient (Wildman–Crippen LogP) is -5.47. The molecule has 0 aliphatic carbocycles. The summed E-state index contributed by atoms with van der Waals surface area (Å²) < 4.78 is 0. The zero-order valence-electron chi connectivity index (χ0n) is 37.1. The predicted molar refractivity (Wildman–Crippen MR) is 254 cm³/mol. The number of hydrogen-bond donors (Lipinski definition) is 17. The van der Waals surface area contributed by atoms with E-state index >= 15 is 0 Å². The highest BCUT2D eigenvalue weighted by Crippen LogP contribution is 2.10. The summed E-state index contributed by atoms with van der Waals surface area (Å²) in [6, 6.07) is -8.35. The van der Waals surface area contributed by atoms with E-state index < -0.39 is 115 Å². The Hall–Kier alpha value is -5.22. The SMILES string of the molecule is CC[C@H](C)[C@H](NC(=O)CNC(=O)[C@H](CCCN=C(N)N)NC(=O)CNC(=O)[C@H](CS)NC(=O)[C@H](CC(C)C)NC(=O)[C@H](CS)NC(=O)[C@@H](N)CCCN=C(N)N)C(=O)N[C@@H](CS)C(=O)O. The summed E-state index contributed by atoms with van der Waals surface area (Å²) >= 11 is 12.3. The molecular weight excluding hydrogens is 911 g/mol. The molecular formula is C37H69N15O10S3. The van der Waals surface area contributed by atoms with E-state index in [0.29, 0.717) is 12.8 Å². The maximum Gasteiger partial charge on any atom is 0.327 e. The molecule has 8 amide bonds. The molecule has 65 heavy (non-hydrogen) atoms. The fourth-order valence-electron chi connectivity index (χ4n) is 5.54. The van der Waals surface area contributed by atoms with E-state index in [-0.39, 0.29) is 73.9 Å². The Bertz CT molecular complexity index is 1670. The van der Waals surface area contributed by atoms with Gasteiger partial charge in [-0.05, 0) is 43.9 Å². The molecule has 0 aliphatic rings. The summed E-state index contributed by atoms with van der Waals surface area (Å²) in [4.78, 5) is 124. The second kappa shape index (κ2) is 32.4. The van der Waals surface area contributed by atoms with Crippen molar-refractivity contribution in [1.82, 2.24) is 42.5 Å².